The molecular weight excluding hydrogens is 412 g/mol. The molecular formula is C21H19ClN2O4S. The Morgan fingerprint density at radius 1 is 1.07 bits per heavy atom. The van der Waals surface area contributed by atoms with E-state index in [1.165, 1.54) is 37.1 Å². The Kier molecular flexibility index (Phi) is 6.20. The second-order valence-corrected chi connectivity index (χ2v) is 7.15. The van der Waals surface area contributed by atoms with Gasteiger partial charge in [-0.1, -0.05) is 41.9 Å². The van der Waals surface area contributed by atoms with Crippen molar-refractivity contribution in [1.82, 2.24) is 9.80 Å². The lowest BCUT2D eigenvalue weighted by Gasteiger charge is -2.31. The Morgan fingerprint density at radius 3 is 2.28 bits per heavy atom. The third-order valence-corrected chi connectivity index (χ3v) is 5.26. The van der Waals surface area contributed by atoms with Gasteiger partial charge in [0.25, 0.3) is 11.8 Å². The molecule has 150 valence electrons. The molecule has 0 bridgehead atoms. The molecule has 0 N–H and O–H groups in total. The molecule has 0 saturated carbocycles. The summed E-state index contributed by atoms with van der Waals surface area (Å²) in [5.41, 5.74) is 1.50. The van der Waals surface area contributed by atoms with Gasteiger partial charge in [0, 0.05) is 14.1 Å². The number of nitrogens with zero attached hydrogens (tertiary/aromatic N) is 2. The normalized spacial score (nSPS) is 14.3. The van der Waals surface area contributed by atoms with Gasteiger partial charge in [-0.15, -0.1) is 0 Å². The van der Waals surface area contributed by atoms with Crippen molar-refractivity contribution >= 4 is 46.8 Å². The van der Waals surface area contributed by atoms with Crippen LogP contribution in [0.2, 0.25) is 5.02 Å². The maximum atomic E-state index is 12.5. The van der Waals surface area contributed by atoms with E-state index in [-0.39, 0.29) is 10.7 Å². The number of methoxy groups -OCH3 is 1. The minimum absolute atomic E-state index is 0.0142. The molecule has 2 amide bonds. The third kappa shape index (κ3) is 4.26. The molecule has 0 radical (unpaired) electrons. The summed E-state index contributed by atoms with van der Waals surface area (Å²) in [6, 6.07) is 12.9. The van der Waals surface area contributed by atoms with Crippen LogP contribution in [0, 0.1) is 0 Å². The van der Waals surface area contributed by atoms with E-state index in [9.17, 15) is 9.59 Å². The summed E-state index contributed by atoms with van der Waals surface area (Å²) in [6.45, 7) is 0.321. The van der Waals surface area contributed by atoms with Crippen LogP contribution in [0.5, 0.6) is 11.5 Å². The van der Waals surface area contributed by atoms with Crippen LogP contribution in [-0.2, 0) is 16.2 Å². The van der Waals surface area contributed by atoms with Crippen molar-refractivity contribution in [3.8, 4) is 11.5 Å². The molecule has 1 aliphatic rings. The lowest BCUT2D eigenvalue weighted by Crippen LogP contribution is -2.52. The van der Waals surface area contributed by atoms with Crippen LogP contribution >= 0.6 is 23.8 Å². The summed E-state index contributed by atoms with van der Waals surface area (Å²) in [5.74, 6) is -0.166. The SMILES string of the molecule is COc1cc(C=C2C(=O)N(C)C(=S)N(C)C2=O)cc(Cl)c1OCc1ccccc1. The van der Waals surface area contributed by atoms with E-state index in [0.717, 1.165) is 5.56 Å². The first-order valence-electron chi connectivity index (χ1n) is 8.69. The molecule has 1 heterocycles. The first-order chi connectivity index (χ1) is 13.8. The van der Waals surface area contributed by atoms with Crippen molar-refractivity contribution in [1.29, 1.82) is 0 Å². The average molecular weight is 431 g/mol. The minimum Gasteiger partial charge on any atom is -0.493 e. The summed E-state index contributed by atoms with van der Waals surface area (Å²) in [6.07, 6.45) is 1.47. The summed E-state index contributed by atoms with van der Waals surface area (Å²) in [5, 5.41) is 0.456. The van der Waals surface area contributed by atoms with Gasteiger partial charge in [0.15, 0.2) is 16.6 Å². The third-order valence-electron chi connectivity index (χ3n) is 4.43. The van der Waals surface area contributed by atoms with Crippen LogP contribution in [0.15, 0.2) is 48.0 Å². The quantitative estimate of drug-likeness (QED) is 0.412. The van der Waals surface area contributed by atoms with Crippen molar-refractivity contribution in [2.45, 2.75) is 6.61 Å². The molecule has 29 heavy (non-hydrogen) atoms. The maximum Gasteiger partial charge on any atom is 0.265 e. The number of hydrogen-bond acceptors (Lipinski definition) is 5. The van der Waals surface area contributed by atoms with Crippen molar-refractivity contribution < 1.29 is 19.1 Å². The molecule has 0 atom stereocenters. The minimum atomic E-state index is -0.474. The topological polar surface area (TPSA) is 59.1 Å². The van der Waals surface area contributed by atoms with Gasteiger partial charge in [-0.2, -0.15) is 0 Å². The molecule has 0 spiro atoms. The number of amides is 2. The van der Waals surface area contributed by atoms with E-state index in [0.29, 0.717) is 28.7 Å². The zero-order valence-electron chi connectivity index (χ0n) is 16.1. The monoisotopic (exact) mass is 430 g/mol. The lowest BCUT2D eigenvalue weighted by atomic mass is 10.1. The van der Waals surface area contributed by atoms with E-state index < -0.39 is 11.8 Å². The smallest absolute Gasteiger partial charge is 0.265 e. The second kappa shape index (κ2) is 8.63. The molecule has 0 aliphatic carbocycles. The van der Waals surface area contributed by atoms with E-state index in [1.54, 1.807) is 12.1 Å². The largest absolute Gasteiger partial charge is 0.493 e. The first kappa shape index (κ1) is 20.8. The maximum absolute atomic E-state index is 12.5. The summed E-state index contributed by atoms with van der Waals surface area (Å²) in [4.78, 5) is 27.5. The van der Waals surface area contributed by atoms with Crippen LogP contribution in [0.4, 0.5) is 0 Å². The lowest BCUT2D eigenvalue weighted by molar-refractivity contribution is -0.132. The summed E-state index contributed by atoms with van der Waals surface area (Å²) < 4.78 is 11.2. The summed E-state index contributed by atoms with van der Waals surface area (Å²) in [7, 11) is 4.54. The highest BCUT2D eigenvalue weighted by molar-refractivity contribution is 7.80. The van der Waals surface area contributed by atoms with Gasteiger partial charge < -0.3 is 9.47 Å². The molecule has 6 nitrogen and oxygen atoms in total. The predicted octanol–water partition coefficient (Wildman–Crippen LogP) is 3.53. The van der Waals surface area contributed by atoms with E-state index in [1.807, 2.05) is 30.3 Å². The molecule has 1 saturated heterocycles. The Bertz CT molecular complexity index is 981. The van der Waals surface area contributed by atoms with Gasteiger partial charge in [0.05, 0.1) is 12.1 Å². The van der Waals surface area contributed by atoms with Crippen LogP contribution < -0.4 is 9.47 Å². The van der Waals surface area contributed by atoms with E-state index in [2.05, 4.69) is 0 Å². The van der Waals surface area contributed by atoms with Gasteiger partial charge in [-0.25, -0.2) is 0 Å². The Hall–Kier alpha value is -2.90. The van der Waals surface area contributed by atoms with Gasteiger partial charge in [0.1, 0.15) is 12.2 Å². The van der Waals surface area contributed by atoms with Crippen LogP contribution in [0.1, 0.15) is 11.1 Å². The Morgan fingerprint density at radius 2 is 1.69 bits per heavy atom. The number of hydrogen-bond donors (Lipinski definition) is 0. The van der Waals surface area contributed by atoms with Gasteiger partial charge >= 0.3 is 0 Å². The number of halogens is 1. The zero-order valence-corrected chi connectivity index (χ0v) is 17.7. The number of benzene rings is 2. The molecule has 3 rings (SSSR count). The van der Waals surface area contributed by atoms with E-state index >= 15 is 0 Å². The number of thiocarbonyl (C=S) groups is 1. The molecule has 2 aromatic carbocycles. The highest BCUT2D eigenvalue weighted by Crippen LogP contribution is 2.37. The van der Waals surface area contributed by atoms with Crippen molar-refractivity contribution in [3.05, 3.63) is 64.2 Å². The van der Waals surface area contributed by atoms with Gasteiger partial charge in [-0.3, -0.25) is 19.4 Å². The number of carbonyl (C=O) groups excluding carboxylic acids is 2. The fourth-order valence-corrected chi connectivity index (χ4v) is 3.27. The predicted molar refractivity (Wildman–Crippen MR) is 115 cm³/mol. The highest BCUT2D eigenvalue weighted by atomic mass is 35.5. The Balaban J connectivity index is 1.92. The fraction of sp³-hybridized carbons (Fsp3) is 0.190. The number of ether oxygens (including phenoxy) is 2. The average Bonchev–Trinajstić information content (AvgIpc) is 2.73. The number of rotatable bonds is 5. The van der Waals surface area contributed by atoms with E-state index in [4.69, 9.17) is 33.3 Å². The fourth-order valence-electron chi connectivity index (χ4n) is 2.83. The summed E-state index contributed by atoms with van der Waals surface area (Å²) >= 11 is 11.5. The van der Waals surface area contributed by atoms with Crippen molar-refractivity contribution in [3.63, 3.8) is 0 Å². The highest BCUT2D eigenvalue weighted by Gasteiger charge is 2.35. The molecule has 0 aromatic heterocycles. The molecule has 0 unspecified atom stereocenters. The molecule has 1 fully saturated rings. The number of likely N-dealkylation sites (N-methyl/N-ethyl adjacent to an activating group) is 2. The van der Waals surface area contributed by atoms with Crippen LogP contribution in [0.25, 0.3) is 6.08 Å². The van der Waals surface area contributed by atoms with Crippen molar-refractivity contribution in [2.75, 3.05) is 21.2 Å². The first-order valence-corrected chi connectivity index (χ1v) is 9.48. The molecule has 2 aromatic rings. The zero-order chi connectivity index (χ0) is 21.1. The molecule has 8 heteroatoms. The second-order valence-electron chi connectivity index (χ2n) is 6.38. The van der Waals surface area contributed by atoms with Crippen LogP contribution in [0.3, 0.4) is 0 Å². The standard InChI is InChI=1S/C21H19ClN2O4S/c1-23-19(25)15(20(26)24(2)21(23)29)9-14-10-16(22)18(17(11-14)27-3)28-12-13-7-5-4-6-8-13/h4-11H,12H2,1-3H3. The van der Waals surface area contributed by atoms with Gasteiger partial charge in [-0.05, 0) is 41.6 Å². The Labute approximate surface area is 179 Å². The van der Waals surface area contributed by atoms with Crippen molar-refractivity contribution in [2.24, 2.45) is 0 Å². The van der Waals surface area contributed by atoms with Gasteiger partial charge in [0.2, 0.25) is 0 Å². The van der Waals surface area contributed by atoms with Crippen LogP contribution in [-0.4, -0.2) is 47.9 Å². The number of carbonyl (C=O) groups is 2. The molecule has 1 aliphatic heterocycles.